The van der Waals surface area contributed by atoms with E-state index < -0.39 is 200 Å². The molecule has 460 valence electrons. The number of fused-ring (bicyclic) bond motifs is 7. The number of esters is 2. The Morgan fingerprint density at radius 1 is 0.642 bits per heavy atom. The van der Waals surface area contributed by atoms with E-state index >= 15 is 0 Å². The van der Waals surface area contributed by atoms with Crippen molar-refractivity contribution in [2.24, 2.45) is 50.2 Å². The van der Waals surface area contributed by atoms with E-state index in [0.717, 1.165) is 5.57 Å². The van der Waals surface area contributed by atoms with Crippen LogP contribution in [0.4, 0.5) is 0 Å². The Labute approximate surface area is 472 Å². The average molecular weight is 1160 g/mol. The number of aliphatic hydroxyl groups excluding tert-OH is 11. The molecule has 0 aromatic carbocycles. The number of carboxylic acids is 1. The minimum absolute atomic E-state index is 0.0730. The summed E-state index contributed by atoms with van der Waals surface area (Å²) >= 11 is 0. The van der Waals surface area contributed by atoms with Crippen molar-refractivity contribution in [1.82, 2.24) is 0 Å². The summed E-state index contributed by atoms with van der Waals surface area (Å²) in [6.45, 7) is 16.5. The third kappa shape index (κ3) is 10.5. The first-order valence-electron chi connectivity index (χ1n) is 28.7. The van der Waals surface area contributed by atoms with Gasteiger partial charge in [-0.1, -0.05) is 65.3 Å². The largest absolute Gasteiger partial charge is 0.479 e. The van der Waals surface area contributed by atoms with Crippen LogP contribution in [-0.4, -0.2) is 216 Å². The number of hydrogen-bond donors (Lipinski definition) is 12. The fourth-order valence-corrected chi connectivity index (χ4v) is 16.4. The molecule has 11 unspecified atom stereocenters. The molecule has 0 aromatic rings. The zero-order valence-corrected chi connectivity index (χ0v) is 48.2. The van der Waals surface area contributed by atoms with Crippen LogP contribution in [0, 0.1) is 50.2 Å². The number of aliphatic carboxylic acids is 1. The second-order valence-corrected chi connectivity index (χ2v) is 26.2. The number of rotatable bonds is 15. The Balaban J connectivity index is 1.13. The molecule has 0 amide bonds. The van der Waals surface area contributed by atoms with Crippen molar-refractivity contribution in [2.45, 2.75) is 231 Å². The molecule has 3 aliphatic heterocycles. The fraction of sp³-hybridized carbons (Fsp3) is 0.845. The highest BCUT2D eigenvalue weighted by atomic mass is 16.8. The lowest BCUT2D eigenvalue weighted by molar-refractivity contribution is -0.344. The maximum atomic E-state index is 13.8. The molecule has 8 rings (SSSR count). The standard InChI is InChI=1S/C58H90O23/c1-11-26(3)48(72)80-45-46(81-49(73)27(4)12-2)58(25-62)29(20-53(45,5)6)28-13-14-35-54(7)17-16-37(55(8,24-61)34(54)15-18-56(35,9)57(28,10)21-36(58)63)78-50-31(75-52-43(69)41(67)38(64)32(22-59)76-52)19-30(40(66)44(79-50)47(70)71)74-51-42(68)39(65)33(23-60)77-51/h11-13,29-46,50-52,59-69H,14-25H2,1-10H3,(H,70,71)/b26-11-,27-12-/t29?,30?,31?,32?,33-,34?,35?,36+,37-,38+,39?,40-,41?,42?,43?,44?,45-,46-,50+,51+,52+,54-,55+,56+,57+,58-/m0/s1. The lowest BCUT2D eigenvalue weighted by atomic mass is 9.33. The first-order chi connectivity index (χ1) is 37.9. The van der Waals surface area contributed by atoms with Gasteiger partial charge in [-0.3, -0.25) is 0 Å². The molecule has 4 saturated carbocycles. The van der Waals surface area contributed by atoms with E-state index in [0.29, 0.717) is 43.3 Å². The predicted octanol–water partition coefficient (Wildman–Crippen LogP) is 0.654. The lowest BCUT2D eigenvalue weighted by Crippen LogP contribution is -2.72. The van der Waals surface area contributed by atoms with Crippen LogP contribution in [-0.2, 0) is 52.3 Å². The van der Waals surface area contributed by atoms with E-state index in [2.05, 4.69) is 26.8 Å². The molecule has 23 heteroatoms. The zero-order valence-electron chi connectivity index (χ0n) is 48.2. The zero-order chi connectivity index (χ0) is 59.9. The molecule has 0 aromatic heterocycles. The van der Waals surface area contributed by atoms with Crippen molar-refractivity contribution in [1.29, 1.82) is 0 Å². The van der Waals surface area contributed by atoms with Gasteiger partial charge in [0.05, 0.1) is 50.2 Å². The number of hydrogen-bond acceptors (Lipinski definition) is 22. The maximum absolute atomic E-state index is 13.8. The smallest absolute Gasteiger partial charge is 0.335 e. The quantitative estimate of drug-likeness (QED) is 0.0608. The highest BCUT2D eigenvalue weighted by Crippen LogP contribution is 2.76. The minimum atomic E-state index is -2.12. The van der Waals surface area contributed by atoms with Gasteiger partial charge in [0.2, 0.25) is 0 Å². The molecule has 12 N–H and O–H groups in total. The predicted molar refractivity (Wildman–Crippen MR) is 281 cm³/mol. The SMILES string of the molecule is C/C=C(/C)C(=O)O[C@H]1[C@H](OC(=O)/C(C)=C\C)[C@@]2(CO)C(CC1(C)C)C1=CCC3[C@@]4(C)CC[C@H](O[C@@H]5OC(C(=O)O)[C@@H](O)C(O[C@@H]6O[C@@H](CO)C(O)C6O)CC5O[C@@H]5OC(CO)[C@@H](O)C(O)C5O)[C@](C)(CO)C4CC[C@@]3(C)[C@]1(C)C[C@H]2O. The van der Waals surface area contributed by atoms with Crippen molar-refractivity contribution in [3.63, 3.8) is 0 Å². The van der Waals surface area contributed by atoms with Gasteiger partial charge >= 0.3 is 17.9 Å². The Hall–Kier alpha value is -3.05. The van der Waals surface area contributed by atoms with Gasteiger partial charge in [0.1, 0.15) is 61.0 Å². The van der Waals surface area contributed by atoms with Crippen LogP contribution < -0.4 is 0 Å². The fourth-order valence-electron chi connectivity index (χ4n) is 16.4. The molecule has 3 heterocycles. The second-order valence-electron chi connectivity index (χ2n) is 26.2. The molecule has 8 aliphatic rings. The third-order valence-electron chi connectivity index (χ3n) is 21.7. The van der Waals surface area contributed by atoms with Gasteiger partial charge in [-0.25, -0.2) is 14.4 Å². The van der Waals surface area contributed by atoms with Crippen LogP contribution in [0.5, 0.6) is 0 Å². The molecule has 3 saturated heterocycles. The monoisotopic (exact) mass is 1150 g/mol. The number of carbonyl (C=O) groups is 3. The first kappa shape index (κ1) is 64.0. The van der Waals surface area contributed by atoms with Crippen LogP contribution >= 0.6 is 0 Å². The van der Waals surface area contributed by atoms with E-state index in [1.54, 1.807) is 39.8 Å². The Bertz CT molecular complexity index is 2390. The second kappa shape index (κ2) is 23.7. The van der Waals surface area contributed by atoms with E-state index in [-0.39, 0.29) is 24.7 Å². The Morgan fingerprint density at radius 3 is 1.74 bits per heavy atom. The van der Waals surface area contributed by atoms with Gasteiger partial charge in [0.15, 0.2) is 31.1 Å². The molecule has 0 radical (unpaired) electrons. The Morgan fingerprint density at radius 2 is 1.20 bits per heavy atom. The summed E-state index contributed by atoms with van der Waals surface area (Å²) < 4.78 is 49.2. The van der Waals surface area contributed by atoms with E-state index in [4.69, 9.17) is 37.9 Å². The number of carboxylic acid groups (broad SMARTS) is 1. The molecule has 26 atom stereocenters. The van der Waals surface area contributed by atoms with Gasteiger partial charge in [-0.05, 0) is 107 Å². The maximum Gasteiger partial charge on any atom is 0.335 e. The van der Waals surface area contributed by atoms with E-state index in [1.165, 1.54) is 0 Å². The van der Waals surface area contributed by atoms with E-state index in [9.17, 15) is 75.7 Å². The normalized spacial score (nSPS) is 49.0. The summed E-state index contributed by atoms with van der Waals surface area (Å²) in [5, 5.41) is 133. The molecule has 0 spiro atoms. The van der Waals surface area contributed by atoms with E-state index in [1.807, 2.05) is 20.8 Å². The molecule has 0 bridgehead atoms. The van der Waals surface area contributed by atoms with Crippen LogP contribution in [0.3, 0.4) is 0 Å². The average Bonchev–Trinajstić information content (AvgIpc) is 3.33. The highest BCUT2D eigenvalue weighted by Gasteiger charge is 2.74. The summed E-state index contributed by atoms with van der Waals surface area (Å²) in [4.78, 5) is 40.5. The summed E-state index contributed by atoms with van der Waals surface area (Å²) in [6.07, 6.45) is -21.0. The van der Waals surface area contributed by atoms with Crippen molar-refractivity contribution < 1.29 is 114 Å². The number of carbonyl (C=O) groups excluding carboxylic acids is 2. The number of ether oxygens (including phenoxy) is 8. The molecule has 7 fully saturated rings. The van der Waals surface area contributed by atoms with Gasteiger partial charge in [-0.15, -0.1) is 0 Å². The number of allylic oxidation sites excluding steroid dienone is 4. The molecular weight excluding hydrogens is 1060 g/mol. The summed E-state index contributed by atoms with van der Waals surface area (Å²) in [7, 11) is 0. The first-order valence-corrected chi connectivity index (χ1v) is 28.7. The van der Waals surface area contributed by atoms with Gasteiger partial charge in [-0.2, -0.15) is 0 Å². The molecule has 81 heavy (non-hydrogen) atoms. The van der Waals surface area contributed by atoms with Crippen molar-refractivity contribution >= 4 is 17.9 Å². The highest BCUT2D eigenvalue weighted by molar-refractivity contribution is 5.89. The van der Waals surface area contributed by atoms with Crippen molar-refractivity contribution in [2.75, 3.05) is 26.4 Å². The van der Waals surface area contributed by atoms with Crippen molar-refractivity contribution in [3.8, 4) is 0 Å². The molecular formula is C58H90O23. The molecule has 23 nitrogen and oxygen atoms in total. The van der Waals surface area contributed by atoms with Crippen LogP contribution in [0.25, 0.3) is 0 Å². The van der Waals surface area contributed by atoms with Gasteiger partial charge in [0.25, 0.3) is 0 Å². The summed E-state index contributed by atoms with van der Waals surface area (Å²) in [5.41, 5.74) is -3.47. The lowest BCUT2D eigenvalue weighted by Gasteiger charge is -2.72. The van der Waals surface area contributed by atoms with Crippen LogP contribution in [0.2, 0.25) is 0 Å². The van der Waals surface area contributed by atoms with Crippen LogP contribution in [0.15, 0.2) is 34.9 Å². The Kier molecular flexibility index (Phi) is 18.7. The minimum Gasteiger partial charge on any atom is -0.479 e. The van der Waals surface area contributed by atoms with Gasteiger partial charge in [0, 0.05) is 28.4 Å². The summed E-state index contributed by atoms with van der Waals surface area (Å²) in [5.74, 6) is -3.82. The summed E-state index contributed by atoms with van der Waals surface area (Å²) in [6, 6.07) is 0. The van der Waals surface area contributed by atoms with Crippen molar-refractivity contribution in [3.05, 3.63) is 34.9 Å². The third-order valence-corrected chi connectivity index (χ3v) is 21.7. The number of aliphatic hydroxyl groups is 11. The topological polar surface area (TPSA) is 368 Å². The molecule has 5 aliphatic carbocycles. The van der Waals surface area contributed by atoms with Gasteiger partial charge < -0.3 is 99.2 Å². The van der Waals surface area contributed by atoms with Crippen LogP contribution in [0.1, 0.15) is 121 Å².